The molecule has 1 amide bonds. The molecule has 0 saturated heterocycles. The highest BCUT2D eigenvalue weighted by atomic mass is 35.5. The van der Waals surface area contributed by atoms with Crippen molar-refractivity contribution in [3.8, 4) is 0 Å². The number of carbonyl (C=O) groups excluding carboxylic acids is 1. The van der Waals surface area contributed by atoms with Gasteiger partial charge in [-0.05, 0) is 24.6 Å². The predicted molar refractivity (Wildman–Crippen MR) is 73.3 cm³/mol. The molecule has 0 fully saturated rings. The number of nitrogens with one attached hydrogen (secondary N) is 2. The molecule has 0 aliphatic rings. The Morgan fingerprint density at radius 3 is 2.78 bits per heavy atom. The van der Waals surface area contributed by atoms with Crippen molar-refractivity contribution in [1.29, 1.82) is 0 Å². The second kappa shape index (κ2) is 8.08. The number of halogens is 1. The summed E-state index contributed by atoms with van der Waals surface area (Å²) in [6.45, 7) is 4.65. The lowest BCUT2D eigenvalue weighted by Gasteiger charge is -2.07. The van der Waals surface area contributed by atoms with Gasteiger partial charge in [-0.3, -0.25) is 4.79 Å². The molecule has 0 bridgehead atoms. The Balaban J connectivity index is 2.30. The SMILES string of the molecule is COCCNCCNC(=O)c1ccc(C)c(Cl)c1. The number of amides is 1. The lowest BCUT2D eigenvalue weighted by molar-refractivity contribution is 0.0953. The zero-order chi connectivity index (χ0) is 13.4. The summed E-state index contributed by atoms with van der Waals surface area (Å²) in [5.74, 6) is -0.106. The maximum absolute atomic E-state index is 11.8. The minimum atomic E-state index is -0.106. The van der Waals surface area contributed by atoms with Crippen molar-refractivity contribution in [2.45, 2.75) is 6.92 Å². The second-order valence-electron chi connectivity index (χ2n) is 3.96. The molecule has 0 saturated carbocycles. The first-order chi connectivity index (χ1) is 8.65. The van der Waals surface area contributed by atoms with Crippen molar-refractivity contribution < 1.29 is 9.53 Å². The van der Waals surface area contributed by atoms with Gasteiger partial charge in [0.2, 0.25) is 0 Å². The number of hydrogen-bond acceptors (Lipinski definition) is 3. The maximum atomic E-state index is 11.8. The quantitative estimate of drug-likeness (QED) is 0.740. The summed E-state index contributed by atoms with van der Waals surface area (Å²) in [4.78, 5) is 11.8. The maximum Gasteiger partial charge on any atom is 0.251 e. The Kier molecular flexibility index (Phi) is 6.72. The van der Waals surface area contributed by atoms with Crippen molar-refractivity contribution in [2.24, 2.45) is 0 Å². The van der Waals surface area contributed by atoms with E-state index in [0.717, 1.165) is 12.1 Å². The molecule has 1 rings (SSSR count). The number of ether oxygens (including phenoxy) is 1. The van der Waals surface area contributed by atoms with Crippen LogP contribution in [0.5, 0.6) is 0 Å². The smallest absolute Gasteiger partial charge is 0.251 e. The third-order valence-electron chi connectivity index (χ3n) is 2.50. The van der Waals surface area contributed by atoms with Crippen molar-refractivity contribution in [2.75, 3.05) is 33.4 Å². The summed E-state index contributed by atoms with van der Waals surface area (Å²) in [6.07, 6.45) is 0. The van der Waals surface area contributed by atoms with Crippen LogP contribution in [-0.2, 0) is 4.74 Å². The summed E-state index contributed by atoms with van der Waals surface area (Å²) < 4.78 is 4.90. The fraction of sp³-hybridized carbons (Fsp3) is 0.462. The molecule has 5 heteroatoms. The van der Waals surface area contributed by atoms with Crippen LogP contribution in [-0.4, -0.2) is 39.3 Å². The molecule has 0 aliphatic carbocycles. The molecule has 18 heavy (non-hydrogen) atoms. The van der Waals surface area contributed by atoms with Crippen LogP contribution in [0.25, 0.3) is 0 Å². The first-order valence-electron chi connectivity index (χ1n) is 5.89. The van der Waals surface area contributed by atoms with Gasteiger partial charge in [0.25, 0.3) is 5.91 Å². The second-order valence-corrected chi connectivity index (χ2v) is 4.37. The molecule has 0 unspecified atom stereocenters. The highest BCUT2D eigenvalue weighted by Crippen LogP contribution is 2.16. The van der Waals surface area contributed by atoms with E-state index in [-0.39, 0.29) is 5.91 Å². The Bertz CT molecular complexity index is 397. The Hall–Kier alpha value is -1.10. The lowest BCUT2D eigenvalue weighted by atomic mass is 10.1. The number of rotatable bonds is 7. The molecule has 0 radical (unpaired) electrons. The van der Waals surface area contributed by atoms with E-state index in [9.17, 15) is 4.79 Å². The number of methoxy groups -OCH3 is 1. The number of hydrogen-bond donors (Lipinski definition) is 2. The van der Waals surface area contributed by atoms with E-state index in [2.05, 4.69) is 10.6 Å². The molecule has 2 N–H and O–H groups in total. The summed E-state index contributed by atoms with van der Waals surface area (Å²) in [5.41, 5.74) is 1.55. The molecule has 4 nitrogen and oxygen atoms in total. The largest absolute Gasteiger partial charge is 0.383 e. The molecule has 0 aromatic heterocycles. The van der Waals surface area contributed by atoms with Gasteiger partial charge in [0.15, 0.2) is 0 Å². The molecular weight excluding hydrogens is 252 g/mol. The lowest BCUT2D eigenvalue weighted by Crippen LogP contribution is -2.33. The molecule has 0 heterocycles. The minimum absolute atomic E-state index is 0.106. The number of carbonyl (C=O) groups is 1. The van der Waals surface area contributed by atoms with Gasteiger partial charge in [0, 0.05) is 37.3 Å². The van der Waals surface area contributed by atoms with E-state index < -0.39 is 0 Å². The van der Waals surface area contributed by atoms with Gasteiger partial charge < -0.3 is 15.4 Å². The van der Waals surface area contributed by atoms with E-state index in [0.29, 0.717) is 30.3 Å². The zero-order valence-electron chi connectivity index (χ0n) is 10.8. The third kappa shape index (κ3) is 5.04. The summed E-state index contributed by atoms with van der Waals surface area (Å²) in [7, 11) is 1.66. The van der Waals surface area contributed by atoms with Crippen LogP contribution in [0.4, 0.5) is 0 Å². The van der Waals surface area contributed by atoms with Crippen LogP contribution >= 0.6 is 11.6 Å². The summed E-state index contributed by atoms with van der Waals surface area (Å²) in [5, 5.41) is 6.58. The van der Waals surface area contributed by atoms with Gasteiger partial charge in [0.05, 0.1) is 6.61 Å². The Labute approximate surface area is 113 Å². The topological polar surface area (TPSA) is 50.4 Å². The van der Waals surface area contributed by atoms with Gasteiger partial charge in [0.1, 0.15) is 0 Å². The Morgan fingerprint density at radius 2 is 2.11 bits per heavy atom. The number of benzene rings is 1. The molecule has 100 valence electrons. The predicted octanol–water partition coefficient (Wildman–Crippen LogP) is 1.61. The van der Waals surface area contributed by atoms with Crippen LogP contribution in [0.1, 0.15) is 15.9 Å². The van der Waals surface area contributed by atoms with Crippen LogP contribution in [0.3, 0.4) is 0 Å². The van der Waals surface area contributed by atoms with Crippen LogP contribution < -0.4 is 10.6 Å². The molecular formula is C13H19ClN2O2. The minimum Gasteiger partial charge on any atom is -0.383 e. The summed E-state index contributed by atoms with van der Waals surface area (Å²) in [6, 6.07) is 5.30. The highest BCUT2D eigenvalue weighted by molar-refractivity contribution is 6.31. The van der Waals surface area contributed by atoms with E-state index in [1.165, 1.54) is 0 Å². The van der Waals surface area contributed by atoms with E-state index in [4.69, 9.17) is 16.3 Å². The van der Waals surface area contributed by atoms with Crippen molar-refractivity contribution in [3.63, 3.8) is 0 Å². The van der Waals surface area contributed by atoms with E-state index in [1.54, 1.807) is 19.2 Å². The van der Waals surface area contributed by atoms with Crippen molar-refractivity contribution >= 4 is 17.5 Å². The first-order valence-corrected chi connectivity index (χ1v) is 6.27. The average Bonchev–Trinajstić information content (AvgIpc) is 2.36. The van der Waals surface area contributed by atoms with Crippen LogP contribution in [0.2, 0.25) is 5.02 Å². The first kappa shape index (κ1) is 15.0. The normalized spacial score (nSPS) is 10.4. The van der Waals surface area contributed by atoms with Gasteiger partial charge in [-0.2, -0.15) is 0 Å². The Morgan fingerprint density at radius 1 is 1.33 bits per heavy atom. The van der Waals surface area contributed by atoms with E-state index in [1.807, 2.05) is 13.0 Å². The van der Waals surface area contributed by atoms with Crippen molar-refractivity contribution in [3.05, 3.63) is 34.3 Å². The molecule has 0 aliphatic heterocycles. The van der Waals surface area contributed by atoms with Crippen molar-refractivity contribution in [1.82, 2.24) is 10.6 Å². The van der Waals surface area contributed by atoms with Gasteiger partial charge in [-0.1, -0.05) is 17.7 Å². The molecule has 1 aromatic rings. The van der Waals surface area contributed by atoms with Gasteiger partial charge in [-0.25, -0.2) is 0 Å². The molecule has 0 atom stereocenters. The molecule has 0 spiro atoms. The standard InChI is InChI=1S/C13H19ClN2O2/c1-10-3-4-11(9-12(10)14)13(17)16-6-5-15-7-8-18-2/h3-4,9,15H,5-8H2,1-2H3,(H,16,17). The fourth-order valence-corrected chi connectivity index (χ4v) is 1.58. The monoisotopic (exact) mass is 270 g/mol. The zero-order valence-corrected chi connectivity index (χ0v) is 11.5. The summed E-state index contributed by atoms with van der Waals surface area (Å²) >= 11 is 5.97. The average molecular weight is 271 g/mol. The highest BCUT2D eigenvalue weighted by Gasteiger charge is 2.06. The van der Waals surface area contributed by atoms with Gasteiger partial charge >= 0.3 is 0 Å². The third-order valence-corrected chi connectivity index (χ3v) is 2.91. The number of aryl methyl sites for hydroxylation is 1. The molecule has 1 aromatic carbocycles. The fourth-order valence-electron chi connectivity index (χ4n) is 1.40. The van der Waals surface area contributed by atoms with Gasteiger partial charge in [-0.15, -0.1) is 0 Å². The van der Waals surface area contributed by atoms with E-state index >= 15 is 0 Å². The van der Waals surface area contributed by atoms with Crippen LogP contribution in [0, 0.1) is 6.92 Å². The van der Waals surface area contributed by atoms with Crippen LogP contribution in [0.15, 0.2) is 18.2 Å².